The van der Waals surface area contributed by atoms with Crippen LogP contribution < -0.4 is 0 Å². The van der Waals surface area contributed by atoms with Gasteiger partial charge in [-0.2, -0.15) is 4.31 Å². The summed E-state index contributed by atoms with van der Waals surface area (Å²) >= 11 is 1.12. The fourth-order valence-electron chi connectivity index (χ4n) is 2.34. The molecule has 1 fully saturated rings. The molecule has 1 aliphatic heterocycles. The van der Waals surface area contributed by atoms with Crippen LogP contribution in [0, 0.1) is 11.6 Å². The molecule has 134 valence electrons. The lowest BCUT2D eigenvalue weighted by atomic mass is 10.3. The first-order chi connectivity index (χ1) is 11.9. The van der Waals surface area contributed by atoms with E-state index in [9.17, 15) is 22.0 Å². The lowest BCUT2D eigenvalue weighted by Gasteiger charge is -2.32. The van der Waals surface area contributed by atoms with Crippen molar-refractivity contribution in [1.82, 2.24) is 14.4 Å². The minimum Gasteiger partial charge on any atom is -0.363 e. The number of rotatable bonds is 4. The van der Waals surface area contributed by atoms with Gasteiger partial charge in [0, 0.05) is 26.2 Å². The minimum absolute atomic E-state index is 0.0634. The third-order valence-electron chi connectivity index (χ3n) is 3.56. The third-order valence-corrected chi connectivity index (χ3v) is 6.26. The standard InChI is InChI=1S/C14H13F2N3O4S2/c15-10-2-1-3-11(16)13(10)25(21,22)19-6-4-18(5-7-19)23-14(20)12-8-17-9-24-12/h1-3,8-9H,4-7H2. The van der Waals surface area contributed by atoms with E-state index in [0.717, 1.165) is 33.8 Å². The predicted molar refractivity (Wildman–Crippen MR) is 84.2 cm³/mol. The molecule has 0 radical (unpaired) electrons. The summed E-state index contributed by atoms with van der Waals surface area (Å²) in [7, 11) is -4.31. The van der Waals surface area contributed by atoms with Crippen molar-refractivity contribution in [2.75, 3.05) is 26.2 Å². The highest BCUT2D eigenvalue weighted by Crippen LogP contribution is 2.23. The Hall–Kier alpha value is -1.95. The van der Waals surface area contributed by atoms with Crippen LogP contribution in [0.15, 0.2) is 34.8 Å². The van der Waals surface area contributed by atoms with Gasteiger partial charge in [-0.05, 0) is 12.1 Å². The Morgan fingerprint density at radius 1 is 1.16 bits per heavy atom. The number of benzene rings is 1. The van der Waals surface area contributed by atoms with Gasteiger partial charge in [-0.1, -0.05) is 6.07 Å². The van der Waals surface area contributed by atoms with Crippen molar-refractivity contribution in [3.63, 3.8) is 0 Å². The molecule has 2 heterocycles. The summed E-state index contributed by atoms with van der Waals surface area (Å²) in [4.78, 5) is 20.1. The summed E-state index contributed by atoms with van der Waals surface area (Å²) in [6.07, 6.45) is 1.37. The zero-order chi connectivity index (χ0) is 18.0. The van der Waals surface area contributed by atoms with E-state index in [-0.39, 0.29) is 26.2 Å². The number of carbonyl (C=O) groups is 1. The Balaban J connectivity index is 1.67. The van der Waals surface area contributed by atoms with Gasteiger partial charge in [-0.3, -0.25) is 4.98 Å². The maximum absolute atomic E-state index is 13.8. The molecule has 11 heteroatoms. The van der Waals surface area contributed by atoms with Crippen molar-refractivity contribution in [2.24, 2.45) is 0 Å². The maximum atomic E-state index is 13.8. The molecular formula is C14H13F2N3O4S2. The summed E-state index contributed by atoms with van der Waals surface area (Å²) in [5, 5.41) is 1.31. The van der Waals surface area contributed by atoms with E-state index >= 15 is 0 Å². The van der Waals surface area contributed by atoms with Crippen LogP contribution in [0.4, 0.5) is 8.78 Å². The average Bonchev–Trinajstić information content (AvgIpc) is 3.09. The average molecular weight is 389 g/mol. The lowest BCUT2D eigenvalue weighted by Crippen LogP contribution is -2.49. The molecule has 0 saturated carbocycles. The highest BCUT2D eigenvalue weighted by Gasteiger charge is 2.34. The van der Waals surface area contributed by atoms with E-state index < -0.39 is 32.5 Å². The molecule has 25 heavy (non-hydrogen) atoms. The SMILES string of the molecule is O=C(ON1CCN(S(=O)(=O)c2c(F)cccc2F)CC1)c1cncs1. The first kappa shape index (κ1) is 17.9. The van der Waals surface area contributed by atoms with E-state index in [4.69, 9.17) is 4.84 Å². The van der Waals surface area contributed by atoms with Gasteiger partial charge in [-0.15, -0.1) is 16.4 Å². The number of hydrogen-bond acceptors (Lipinski definition) is 7. The van der Waals surface area contributed by atoms with Crippen LogP contribution in [0.5, 0.6) is 0 Å². The topological polar surface area (TPSA) is 79.8 Å². The fraction of sp³-hybridized carbons (Fsp3) is 0.286. The second-order valence-electron chi connectivity index (χ2n) is 5.13. The maximum Gasteiger partial charge on any atom is 0.368 e. The Kier molecular flexibility index (Phi) is 5.08. The van der Waals surface area contributed by atoms with Gasteiger partial charge in [0.15, 0.2) is 4.90 Å². The van der Waals surface area contributed by atoms with Crippen LogP contribution in [-0.4, -0.2) is 54.9 Å². The normalized spacial score (nSPS) is 16.7. The van der Waals surface area contributed by atoms with Crippen LogP contribution in [-0.2, 0) is 14.9 Å². The monoisotopic (exact) mass is 389 g/mol. The molecule has 2 aromatic rings. The van der Waals surface area contributed by atoms with Crippen molar-refractivity contribution in [3.8, 4) is 0 Å². The molecule has 0 amide bonds. The van der Waals surface area contributed by atoms with Crippen molar-refractivity contribution in [1.29, 1.82) is 0 Å². The second-order valence-corrected chi connectivity index (χ2v) is 7.89. The molecule has 1 aliphatic rings. The highest BCUT2D eigenvalue weighted by molar-refractivity contribution is 7.89. The van der Waals surface area contributed by atoms with Crippen LogP contribution in [0.2, 0.25) is 0 Å². The molecule has 7 nitrogen and oxygen atoms in total. The molecule has 1 aromatic heterocycles. The van der Waals surface area contributed by atoms with Gasteiger partial charge in [0.05, 0.1) is 11.7 Å². The molecular weight excluding hydrogens is 376 g/mol. The van der Waals surface area contributed by atoms with E-state index in [1.165, 1.54) is 16.8 Å². The Bertz CT molecular complexity index is 846. The summed E-state index contributed by atoms with van der Waals surface area (Å²) in [6, 6.07) is 2.88. The molecule has 0 unspecified atom stereocenters. The largest absolute Gasteiger partial charge is 0.368 e. The third kappa shape index (κ3) is 3.68. The predicted octanol–water partition coefficient (Wildman–Crippen LogP) is 1.50. The number of halogens is 2. The lowest BCUT2D eigenvalue weighted by molar-refractivity contribution is -0.122. The smallest absolute Gasteiger partial charge is 0.363 e. The summed E-state index contributed by atoms with van der Waals surface area (Å²) in [5.41, 5.74) is 1.49. The van der Waals surface area contributed by atoms with E-state index in [1.807, 2.05) is 0 Å². The van der Waals surface area contributed by atoms with Crippen molar-refractivity contribution < 1.29 is 26.8 Å². The number of hydroxylamine groups is 2. The number of nitrogens with zero attached hydrogens (tertiary/aromatic N) is 3. The van der Waals surface area contributed by atoms with E-state index in [0.29, 0.717) is 4.88 Å². The van der Waals surface area contributed by atoms with Crippen LogP contribution in [0.1, 0.15) is 9.67 Å². The molecule has 0 atom stereocenters. The highest BCUT2D eigenvalue weighted by atomic mass is 32.2. The first-order valence-electron chi connectivity index (χ1n) is 7.19. The van der Waals surface area contributed by atoms with Gasteiger partial charge < -0.3 is 4.84 Å². The summed E-state index contributed by atoms with van der Waals surface area (Å²) in [6.45, 7) is 0.0395. The zero-order valence-electron chi connectivity index (χ0n) is 12.8. The number of aromatic nitrogens is 1. The van der Waals surface area contributed by atoms with E-state index in [2.05, 4.69) is 4.98 Å². The van der Waals surface area contributed by atoms with Gasteiger partial charge in [-0.25, -0.2) is 22.0 Å². The Morgan fingerprint density at radius 2 is 1.80 bits per heavy atom. The van der Waals surface area contributed by atoms with Crippen molar-refractivity contribution in [2.45, 2.75) is 4.90 Å². The second kappa shape index (κ2) is 7.12. The quantitative estimate of drug-likeness (QED) is 0.789. The molecule has 3 rings (SSSR count). The number of piperazine rings is 1. The number of thiazole rings is 1. The number of sulfonamides is 1. The molecule has 1 aromatic carbocycles. The molecule has 0 aliphatic carbocycles. The van der Waals surface area contributed by atoms with Gasteiger partial charge >= 0.3 is 5.97 Å². The van der Waals surface area contributed by atoms with Gasteiger partial charge in [0.25, 0.3) is 0 Å². The van der Waals surface area contributed by atoms with Gasteiger partial charge in [0.1, 0.15) is 16.5 Å². The van der Waals surface area contributed by atoms with Crippen molar-refractivity contribution in [3.05, 3.63) is 46.4 Å². The minimum atomic E-state index is -4.31. The molecule has 0 spiro atoms. The zero-order valence-corrected chi connectivity index (χ0v) is 14.4. The number of carbonyl (C=O) groups excluding carboxylic acids is 1. The van der Waals surface area contributed by atoms with Gasteiger partial charge in [0.2, 0.25) is 10.0 Å². The van der Waals surface area contributed by atoms with Crippen LogP contribution in [0.3, 0.4) is 0 Å². The summed E-state index contributed by atoms with van der Waals surface area (Å²) < 4.78 is 53.4. The van der Waals surface area contributed by atoms with Crippen LogP contribution >= 0.6 is 11.3 Å². The first-order valence-corrected chi connectivity index (χ1v) is 9.51. The van der Waals surface area contributed by atoms with E-state index in [1.54, 1.807) is 0 Å². The van der Waals surface area contributed by atoms with Crippen LogP contribution in [0.25, 0.3) is 0 Å². The molecule has 1 saturated heterocycles. The van der Waals surface area contributed by atoms with Crippen molar-refractivity contribution >= 4 is 27.3 Å². The Labute approximate surface area is 146 Å². The fourth-order valence-corrected chi connectivity index (χ4v) is 4.36. The summed E-state index contributed by atoms with van der Waals surface area (Å²) in [5.74, 6) is -2.86. The Morgan fingerprint density at radius 3 is 2.36 bits per heavy atom. The molecule has 0 bridgehead atoms. The number of hydrogen-bond donors (Lipinski definition) is 0. The molecule has 0 N–H and O–H groups in total.